The number of carbonyl (C=O) groups excluding carboxylic acids is 3. The first-order valence-corrected chi connectivity index (χ1v) is 10.8. The Kier molecular flexibility index (Phi) is 9.60. The summed E-state index contributed by atoms with van der Waals surface area (Å²) < 4.78 is 10.9. The smallest absolute Gasteiger partial charge is 0.408 e. The Balaban J connectivity index is 1.82. The third kappa shape index (κ3) is 9.31. The fraction of sp³-hybridized carbons (Fsp3) is 0.435. The highest BCUT2D eigenvalue weighted by atomic mass is 16.7. The van der Waals surface area contributed by atoms with Crippen LogP contribution in [0, 0.1) is 0 Å². The summed E-state index contributed by atoms with van der Waals surface area (Å²) in [5.74, 6) is -1.89. The van der Waals surface area contributed by atoms with Crippen molar-refractivity contribution < 1.29 is 38.9 Å². The van der Waals surface area contributed by atoms with Gasteiger partial charge in [-0.3, -0.25) is 0 Å². The highest BCUT2D eigenvalue weighted by Gasteiger charge is 2.27. The molecule has 2 amide bonds. The van der Waals surface area contributed by atoms with Crippen molar-refractivity contribution in [3.63, 3.8) is 0 Å². The Bertz CT molecular complexity index is 933. The summed E-state index contributed by atoms with van der Waals surface area (Å²) in [7, 11) is 0. The zero-order chi connectivity index (χ0) is 25.1. The van der Waals surface area contributed by atoms with Crippen molar-refractivity contribution in [2.75, 3.05) is 6.54 Å². The van der Waals surface area contributed by atoms with Crippen LogP contribution in [0.4, 0.5) is 9.59 Å². The summed E-state index contributed by atoms with van der Waals surface area (Å²) in [6.45, 7) is 5.48. The van der Waals surface area contributed by atoms with Gasteiger partial charge in [0.1, 0.15) is 18.2 Å². The number of nitrogens with zero attached hydrogens (tertiary/aromatic N) is 1. The Labute approximate surface area is 197 Å². The number of aromatic hydroxyl groups is 2. The molecule has 2 rings (SSSR count). The van der Waals surface area contributed by atoms with E-state index >= 15 is 0 Å². The maximum absolute atomic E-state index is 12.6. The summed E-state index contributed by atoms with van der Waals surface area (Å²) in [6, 6.07) is 10.4. The summed E-state index contributed by atoms with van der Waals surface area (Å²) in [5.41, 5.74) is 0.0893. The van der Waals surface area contributed by atoms with Crippen LogP contribution in [0.25, 0.3) is 0 Å². The van der Waals surface area contributed by atoms with Gasteiger partial charge < -0.3 is 35.2 Å². The minimum atomic E-state index is -1.12. The average Bonchev–Trinajstić information content (AvgIpc) is 3.08. The molecular formula is C23H31N3O8. The van der Waals surface area contributed by atoms with E-state index < -0.39 is 41.6 Å². The Morgan fingerprint density at radius 3 is 2.24 bits per heavy atom. The number of alkyl carbamates (subject to hydrolysis) is 2. The second kappa shape index (κ2) is 12.4. The van der Waals surface area contributed by atoms with Crippen molar-refractivity contribution in [1.29, 1.82) is 0 Å². The van der Waals surface area contributed by atoms with Crippen LogP contribution in [0.2, 0.25) is 0 Å². The van der Waals surface area contributed by atoms with Crippen molar-refractivity contribution in [3.05, 3.63) is 48.0 Å². The number of nitrogens with one attached hydrogen (secondary N) is 2. The van der Waals surface area contributed by atoms with Gasteiger partial charge in [0, 0.05) is 18.7 Å². The summed E-state index contributed by atoms with van der Waals surface area (Å²) in [4.78, 5) is 41.5. The molecule has 0 bridgehead atoms. The molecule has 1 heterocycles. The quantitative estimate of drug-likeness (QED) is 0.382. The molecule has 186 valence electrons. The fourth-order valence-corrected chi connectivity index (χ4v) is 2.79. The van der Waals surface area contributed by atoms with Gasteiger partial charge in [-0.25, -0.2) is 14.4 Å². The van der Waals surface area contributed by atoms with Crippen LogP contribution in [0.5, 0.6) is 11.8 Å². The number of hydrogen-bond donors (Lipinski definition) is 4. The van der Waals surface area contributed by atoms with E-state index in [2.05, 4.69) is 10.6 Å². The lowest BCUT2D eigenvalue weighted by atomic mass is 10.1. The number of rotatable bonds is 10. The van der Waals surface area contributed by atoms with E-state index in [1.54, 1.807) is 20.8 Å². The van der Waals surface area contributed by atoms with Gasteiger partial charge in [0.05, 0.1) is 0 Å². The zero-order valence-electron chi connectivity index (χ0n) is 19.4. The monoisotopic (exact) mass is 477 g/mol. The lowest BCUT2D eigenvalue weighted by Crippen LogP contribution is -2.46. The van der Waals surface area contributed by atoms with Gasteiger partial charge in [0.15, 0.2) is 0 Å². The molecule has 0 aliphatic carbocycles. The standard InChI is InChI=1S/C23H31N3O8/c1-23(2,3)33-22(31)25-17(20(29)34-26-18(27)12-13-19(26)28)11-7-8-14-24-21(30)32-15-16-9-5-4-6-10-16/h4-6,9-10,12-13,17,27-28H,7-8,11,14-15H2,1-3H3,(H,24,30)(H,25,31). The average molecular weight is 478 g/mol. The number of ether oxygens (including phenoxy) is 2. The fourth-order valence-electron chi connectivity index (χ4n) is 2.79. The van der Waals surface area contributed by atoms with Crippen molar-refractivity contribution >= 4 is 18.2 Å². The molecule has 0 fully saturated rings. The third-order valence-corrected chi connectivity index (χ3v) is 4.36. The van der Waals surface area contributed by atoms with Crippen molar-refractivity contribution in [3.8, 4) is 11.8 Å². The van der Waals surface area contributed by atoms with E-state index in [4.69, 9.17) is 14.3 Å². The van der Waals surface area contributed by atoms with E-state index in [0.717, 1.165) is 17.7 Å². The lowest BCUT2D eigenvalue weighted by Gasteiger charge is -2.23. The number of unbranched alkanes of at least 4 members (excludes halogenated alkanes) is 1. The van der Waals surface area contributed by atoms with Crippen LogP contribution in [0.15, 0.2) is 42.5 Å². The molecular weight excluding hydrogens is 446 g/mol. The predicted octanol–water partition coefficient (Wildman–Crippen LogP) is 2.84. The van der Waals surface area contributed by atoms with Gasteiger partial charge in [-0.2, -0.15) is 0 Å². The molecule has 0 aliphatic heterocycles. The number of aromatic nitrogens is 1. The third-order valence-electron chi connectivity index (χ3n) is 4.36. The van der Waals surface area contributed by atoms with Crippen LogP contribution in [-0.4, -0.2) is 51.3 Å². The van der Waals surface area contributed by atoms with E-state index in [1.807, 2.05) is 30.3 Å². The van der Waals surface area contributed by atoms with Crippen molar-refractivity contribution in [2.45, 2.75) is 58.3 Å². The maximum Gasteiger partial charge on any atom is 0.408 e. The Hall–Kier alpha value is -3.89. The Morgan fingerprint density at radius 2 is 1.62 bits per heavy atom. The second-order valence-electron chi connectivity index (χ2n) is 8.44. The minimum absolute atomic E-state index is 0.152. The SMILES string of the molecule is CC(C)(C)OC(=O)NC(CCCCNC(=O)OCc1ccccc1)C(=O)On1c(O)ccc1O. The molecule has 0 radical (unpaired) electrons. The molecule has 0 spiro atoms. The number of benzene rings is 1. The minimum Gasteiger partial charge on any atom is -0.492 e. The van der Waals surface area contributed by atoms with Gasteiger partial charge in [0.2, 0.25) is 11.8 Å². The largest absolute Gasteiger partial charge is 0.492 e. The summed E-state index contributed by atoms with van der Waals surface area (Å²) >= 11 is 0. The Morgan fingerprint density at radius 1 is 0.971 bits per heavy atom. The molecule has 1 aromatic heterocycles. The topological polar surface area (TPSA) is 148 Å². The van der Waals surface area contributed by atoms with E-state index in [9.17, 15) is 24.6 Å². The number of hydrogen-bond acceptors (Lipinski definition) is 8. The van der Waals surface area contributed by atoms with Gasteiger partial charge in [-0.15, -0.1) is 4.73 Å². The molecule has 0 saturated heterocycles. The molecule has 1 aromatic carbocycles. The summed E-state index contributed by atoms with van der Waals surface area (Å²) in [6.07, 6.45) is -0.316. The lowest BCUT2D eigenvalue weighted by molar-refractivity contribution is -0.148. The molecule has 0 aliphatic rings. The molecule has 0 saturated carbocycles. The first-order valence-electron chi connectivity index (χ1n) is 10.8. The molecule has 4 N–H and O–H groups in total. The zero-order valence-corrected chi connectivity index (χ0v) is 19.4. The van der Waals surface area contributed by atoms with E-state index in [-0.39, 0.29) is 13.0 Å². The van der Waals surface area contributed by atoms with Crippen LogP contribution >= 0.6 is 0 Å². The highest BCUT2D eigenvalue weighted by molar-refractivity contribution is 5.81. The van der Waals surface area contributed by atoms with Crippen molar-refractivity contribution in [1.82, 2.24) is 15.4 Å². The van der Waals surface area contributed by atoms with Gasteiger partial charge in [-0.05, 0) is 45.6 Å². The predicted molar refractivity (Wildman–Crippen MR) is 121 cm³/mol. The molecule has 11 nitrogen and oxygen atoms in total. The molecule has 11 heteroatoms. The first-order chi connectivity index (χ1) is 16.0. The second-order valence-corrected chi connectivity index (χ2v) is 8.44. The van der Waals surface area contributed by atoms with E-state index in [1.165, 1.54) is 0 Å². The normalized spacial score (nSPS) is 11.9. The van der Waals surface area contributed by atoms with Crippen LogP contribution < -0.4 is 15.5 Å². The maximum atomic E-state index is 12.6. The first kappa shape index (κ1) is 26.4. The summed E-state index contributed by atoms with van der Waals surface area (Å²) in [5, 5.41) is 24.4. The highest BCUT2D eigenvalue weighted by Crippen LogP contribution is 2.19. The van der Waals surface area contributed by atoms with Gasteiger partial charge in [-0.1, -0.05) is 30.3 Å². The molecule has 1 unspecified atom stereocenters. The number of carbonyl (C=O) groups is 3. The van der Waals surface area contributed by atoms with Crippen molar-refractivity contribution in [2.24, 2.45) is 0 Å². The van der Waals surface area contributed by atoms with Gasteiger partial charge >= 0.3 is 18.2 Å². The molecule has 2 aromatic rings. The van der Waals surface area contributed by atoms with Crippen LogP contribution in [0.3, 0.4) is 0 Å². The van der Waals surface area contributed by atoms with Crippen LogP contribution in [-0.2, 0) is 20.9 Å². The van der Waals surface area contributed by atoms with Gasteiger partial charge in [0.25, 0.3) is 0 Å². The molecule has 1 atom stereocenters. The van der Waals surface area contributed by atoms with E-state index in [0.29, 0.717) is 24.1 Å². The molecule has 34 heavy (non-hydrogen) atoms. The number of amides is 2. The van der Waals surface area contributed by atoms with Crippen LogP contribution in [0.1, 0.15) is 45.6 Å².